The van der Waals surface area contributed by atoms with Crippen LogP contribution in [0.25, 0.3) is 0 Å². The highest BCUT2D eigenvalue weighted by molar-refractivity contribution is 5.85. The van der Waals surface area contributed by atoms with E-state index in [0.717, 1.165) is 19.4 Å². The average molecular weight is 242 g/mol. The molecule has 0 bridgehead atoms. The first kappa shape index (κ1) is 14.5. The van der Waals surface area contributed by atoms with Gasteiger partial charge in [0.25, 0.3) is 0 Å². The normalized spacial score (nSPS) is 17.4. The Morgan fingerprint density at radius 2 is 2.00 bits per heavy atom. The SMILES string of the molecule is CCNC(C)(C)C(=O)N(CCO)C1CCCC1. The fraction of sp³-hybridized carbons (Fsp3) is 0.923. The highest BCUT2D eigenvalue weighted by Crippen LogP contribution is 2.25. The first-order valence-corrected chi connectivity index (χ1v) is 6.70. The maximum Gasteiger partial charge on any atom is 0.242 e. The van der Waals surface area contributed by atoms with Crippen LogP contribution in [0.5, 0.6) is 0 Å². The van der Waals surface area contributed by atoms with Crippen molar-refractivity contribution in [2.75, 3.05) is 19.7 Å². The number of rotatable bonds is 6. The number of aliphatic hydroxyl groups excluding tert-OH is 1. The van der Waals surface area contributed by atoms with Gasteiger partial charge in [-0.05, 0) is 33.2 Å². The van der Waals surface area contributed by atoms with Crippen LogP contribution in [0.4, 0.5) is 0 Å². The number of likely N-dealkylation sites (N-methyl/N-ethyl adjacent to an activating group) is 1. The Balaban J connectivity index is 2.71. The zero-order valence-electron chi connectivity index (χ0n) is 11.3. The maximum atomic E-state index is 12.5. The average Bonchev–Trinajstić information content (AvgIpc) is 2.78. The summed E-state index contributed by atoms with van der Waals surface area (Å²) in [5.41, 5.74) is -0.535. The summed E-state index contributed by atoms with van der Waals surface area (Å²) >= 11 is 0. The van der Waals surface area contributed by atoms with Crippen molar-refractivity contribution in [2.45, 2.75) is 58.0 Å². The van der Waals surface area contributed by atoms with Crippen molar-refractivity contribution < 1.29 is 9.90 Å². The molecule has 1 aliphatic carbocycles. The van der Waals surface area contributed by atoms with E-state index in [-0.39, 0.29) is 12.5 Å². The Bertz CT molecular complexity index is 248. The van der Waals surface area contributed by atoms with Crippen LogP contribution in [-0.4, -0.2) is 47.2 Å². The number of amides is 1. The molecule has 100 valence electrons. The molecular formula is C13H26N2O2. The summed E-state index contributed by atoms with van der Waals surface area (Å²) in [6, 6.07) is 0.326. The van der Waals surface area contributed by atoms with Gasteiger partial charge in [0.05, 0.1) is 12.1 Å². The van der Waals surface area contributed by atoms with Crippen LogP contribution in [0.2, 0.25) is 0 Å². The molecule has 0 aromatic heterocycles. The van der Waals surface area contributed by atoms with Gasteiger partial charge in [-0.2, -0.15) is 0 Å². The Hall–Kier alpha value is -0.610. The number of carbonyl (C=O) groups is 1. The fourth-order valence-corrected chi connectivity index (χ4v) is 2.65. The van der Waals surface area contributed by atoms with Gasteiger partial charge < -0.3 is 15.3 Å². The molecule has 1 aliphatic rings. The van der Waals surface area contributed by atoms with Crippen molar-refractivity contribution in [1.82, 2.24) is 10.2 Å². The van der Waals surface area contributed by atoms with Crippen LogP contribution in [0, 0.1) is 0 Å². The summed E-state index contributed by atoms with van der Waals surface area (Å²) in [5.74, 6) is 0.111. The predicted octanol–water partition coefficient (Wildman–Crippen LogP) is 1.14. The van der Waals surface area contributed by atoms with Crippen LogP contribution < -0.4 is 5.32 Å². The second kappa shape index (κ2) is 6.36. The lowest BCUT2D eigenvalue weighted by atomic mass is 10.0. The molecule has 1 amide bonds. The Morgan fingerprint density at radius 1 is 1.41 bits per heavy atom. The van der Waals surface area contributed by atoms with E-state index in [9.17, 15) is 4.79 Å². The number of nitrogens with zero attached hydrogens (tertiary/aromatic N) is 1. The quantitative estimate of drug-likeness (QED) is 0.734. The van der Waals surface area contributed by atoms with Crippen molar-refractivity contribution >= 4 is 5.91 Å². The van der Waals surface area contributed by atoms with E-state index in [1.165, 1.54) is 12.8 Å². The van der Waals surface area contributed by atoms with E-state index < -0.39 is 5.54 Å². The van der Waals surface area contributed by atoms with E-state index >= 15 is 0 Å². The summed E-state index contributed by atoms with van der Waals surface area (Å²) in [6.45, 7) is 7.11. The monoisotopic (exact) mass is 242 g/mol. The molecule has 0 aromatic rings. The third kappa shape index (κ3) is 3.68. The number of nitrogens with one attached hydrogen (secondary N) is 1. The molecule has 0 unspecified atom stereocenters. The first-order valence-electron chi connectivity index (χ1n) is 6.70. The molecule has 0 aliphatic heterocycles. The highest BCUT2D eigenvalue weighted by Gasteiger charge is 2.35. The minimum Gasteiger partial charge on any atom is -0.395 e. The van der Waals surface area contributed by atoms with Crippen molar-refractivity contribution in [3.05, 3.63) is 0 Å². The highest BCUT2D eigenvalue weighted by atomic mass is 16.3. The van der Waals surface area contributed by atoms with E-state index in [4.69, 9.17) is 5.11 Å². The van der Waals surface area contributed by atoms with Gasteiger partial charge in [0, 0.05) is 12.6 Å². The zero-order valence-corrected chi connectivity index (χ0v) is 11.3. The molecule has 4 heteroatoms. The summed E-state index contributed by atoms with van der Waals surface area (Å²) in [7, 11) is 0. The second-order valence-electron chi connectivity index (χ2n) is 5.32. The zero-order chi connectivity index (χ0) is 12.9. The van der Waals surface area contributed by atoms with Gasteiger partial charge in [-0.1, -0.05) is 19.8 Å². The minimum atomic E-state index is -0.535. The molecule has 0 radical (unpaired) electrons. The maximum absolute atomic E-state index is 12.5. The lowest BCUT2D eigenvalue weighted by Crippen LogP contribution is -2.56. The van der Waals surface area contributed by atoms with Gasteiger partial charge in [0.2, 0.25) is 5.91 Å². The molecule has 1 saturated carbocycles. The van der Waals surface area contributed by atoms with Gasteiger partial charge in [0.15, 0.2) is 0 Å². The number of carbonyl (C=O) groups excluding carboxylic acids is 1. The molecule has 0 saturated heterocycles. The molecule has 1 fully saturated rings. The third-order valence-electron chi connectivity index (χ3n) is 3.52. The van der Waals surface area contributed by atoms with E-state index in [2.05, 4.69) is 5.32 Å². The van der Waals surface area contributed by atoms with Gasteiger partial charge >= 0.3 is 0 Å². The van der Waals surface area contributed by atoms with Gasteiger partial charge in [-0.3, -0.25) is 4.79 Å². The lowest BCUT2D eigenvalue weighted by molar-refractivity contribution is -0.140. The summed E-state index contributed by atoms with van der Waals surface area (Å²) in [5, 5.41) is 12.3. The predicted molar refractivity (Wildman–Crippen MR) is 68.8 cm³/mol. The van der Waals surface area contributed by atoms with E-state index in [1.54, 1.807) is 0 Å². The molecule has 0 atom stereocenters. The number of hydrogen-bond acceptors (Lipinski definition) is 3. The minimum absolute atomic E-state index is 0.0461. The molecule has 0 heterocycles. The number of hydrogen-bond donors (Lipinski definition) is 2. The van der Waals surface area contributed by atoms with Crippen molar-refractivity contribution in [3.8, 4) is 0 Å². The fourth-order valence-electron chi connectivity index (χ4n) is 2.65. The summed E-state index contributed by atoms with van der Waals surface area (Å²) in [4.78, 5) is 14.4. The first-order chi connectivity index (χ1) is 8.03. The lowest BCUT2D eigenvalue weighted by Gasteiger charge is -2.36. The van der Waals surface area contributed by atoms with Gasteiger partial charge in [-0.25, -0.2) is 0 Å². The molecular weight excluding hydrogens is 216 g/mol. The van der Waals surface area contributed by atoms with Crippen molar-refractivity contribution in [2.24, 2.45) is 0 Å². The molecule has 0 aromatic carbocycles. The smallest absolute Gasteiger partial charge is 0.242 e. The van der Waals surface area contributed by atoms with Gasteiger partial charge in [0.1, 0.15) is 0 Å². The third-order valence-corrected chi connectivity index (χ3v) is 3.52. The van der Waals surface area contributed by atoms with E-state index in [1.807, 2.05) is 25.7 Å². The van der Waals surface area contributed by atoms with Crippen LogP contribution in [0.3, 0.4) is 0 Å². The van der Waals surface area contributed by atoms with Crippen LogP contribution in [0.15, 0.2) is 0 Å². The summed E-state index contributed by atoms with van der Waals surface area (Å²) < 4.78 is 0. The molecule has 1 rings (SSSR count). The largest absolute Gasteiger partial charge is 0.395 e. The summed E-state index contributed by atoms with van der Waals surface area (Å²) in [6.07, 6.45) is 4.55. The Labute approximate surface area is 104 Å². The molecule has 4 nitrogen and oxygen atoms in total. The number of aliphatic hydroxyl groups is 1. The van der Waals surface area contributed by atoms with Crippen molar-refractivity contribution in [1.29, 1.82) is 0 Å². The Kier molecular flexibility index (Phi) is 5.40. The second-order valence-corrected chi connectivity index (χ2v) is 5.32. The molecule has 17 heavy (non-hydrogen) atoms. The van der Waals surface area contributed by atoms with Crippen LogP contribution in [0.1, 0.15) is 46.5 Å². The topological polar surface area (TPSA) is 52.6 Å². The molecule has 2 N–H and O–H groups in total. The molecule has 0 spiro atoms. The van der Waals surface area contributed by atoms with Crippen LogP contribution in [-0.2, 0) is 4.79 Å². The van der Waals surface area contributed by atoms with E-state index in [0.29, 0.717) is 12.6 Å². The van der Waals surface area contributed by atoms with Gasteiger partial charge in [-0.15, -0.1) is 0 Å². The van der Waals surface area contributed by atoms with Crippen LogP contribution >= 0.6 is 0 Å². The Morgan fingerprint density at radius 3 is 2.47 bits per heavy atom. The van der Waals surface area contributed by atoms with Crippen molar-refractivity contribution in [3.63, 3.8) is 0 Å². The standard InChI is InChI=1S/C13H26N2O2/c1-4-14-13(2,3)12(17)15(9-10-16)11-7-5-6-8-11/h11,14,16H,4-10H2,1-3H3.